The lowest BCUT2D eigenvalue weighted by molar-refractivity contribution is 0.381. The summed E-state index contributed by atoms with van der Waals surface area (Å²) in [5, 5.41) is 0. The van der Waals surface area contributed by atoms with Gasteiger partial charge in [0.25, 0.3) is 0 Å². The topological polar surface area (TPSA) is 81.1 Å². The van der Waals surface area contributed by atoms with E-state index in [0.29, 0.717) is 0 Å². The van der Waals surface area contributed by atoms with Gasteiger partial charge in [-0.05, 0) is 34.4 Å². The Hall–Kier alpha value is 0.220. The molecule has 0 bridgehead atoms. The minimum atomic E-state index is -4.67. The van der Waals surface area contributed by atoms with Gasteiger partial charge >= 0.3 is 10.4 Å². The third-order valence-corrected chi connectivity index (χ3v) is 3.62. The maximum Gasteiger partial charge on any atom is 0.394 e. The summed E-state index contributed by atoms with van der Waals surface area (Å²) in [6.07, 6.45) is 1.25. The summed E-state index contributed by atoms with van der Waals surface area (Å²) >= 11 is 0. The maximum atomic E-state index is 8.74. The Labute approximate surface area is 87.3 Å². The van der Waals surface area contributed by atoms with Gasteiger partial charge in [0.1, 0.15) is 0 Å². The fourth-order valence-electron chi connectivity index (χ4n) is 0.923. The summed E-state index contributed by atoms with van der Waals surface area (Å²) in [4.78, 5) is 0. The molecule has 0 rings (SSSR count). The molecule has 0 spiro atoms. The van der Waals surface area contributed by atoms with Crippen LogP contribution in [0.3, 0.4) is 0 Å². The average molecular weight is 246 g/mol. The molecule has 2 N–H and O–H groups in total. The summed E-state index contributed by atoms with van der Waals surface area (Å²) in [7, 11) is 3.86. The van der Waals surface area contributed by atoms with Gasteiger partial charge in [-0.3, -0.25) is 18.4 Å². The molecule has 0 fully saturated rings. The molecule has 8 heteroatoms. The first-order chi connectivity index (χ1) is 6.09. The van der Waals surface area contributed by atoms with E-state index in [1.54, 1.807) is 0 Å². The highest BCUT2D eigenvalue weighted by atomic mass is 32.3. The van der Waals surface area contributed by atoms with Crippen molar-refractivity contribution in [3.8, 4) is 0 Å². The van der Waals surface area contributed by atoms with E-state index >= 15 is 0 Å². The summed E-state index contributed by atoms with van der Waals surface area (Å²) in [5.41, 5.74) is 0. The van der Waals surface area contributed by atoms with Crippen LogP contribution in [-0.2, 0) is 10.4 Å². The van der Waals surface area contributed by atoms with Crippen molar-refractivity contribution in [3.63, 3.8) is 0 Å². The highest BCUT2D eigenvalue weighted by molar-refractivity contribution is 7.79. The summed E-state index contributed by atoms with van der Waals surface area (Å²) < 4.78 is 36.2. The Balaban J connectivity index is 0. The van der Waals surface area contributed by atoms with E-state index in [-0.39, 0.29) is 8.22 Å². The van der Waals surface area contributed by atoms with Crippen molar-refractivity contribution in [1.29, 1.82) is 0 Å². The smallest absolute Gasteiger partial charge is 0.276 e. The first kappa shape index (κ1) is 16.6. The van der Waals surface area contributed by atoms with E-state index in [4.69, 9.17) is 17.5 Å². The van der Waals surface area contributed by atoms with E-state index in [9.17, 15) is 0 Å². The zero-order valence-corrected chi connectivity index (χ0v) is 10.9. The normalized spacial score (nSPS) is 11.9. The molecule has 0 aliphatic rings. The molecule has 0 aromatic rings. The van der Waals surface area contributed by atoms with Crippen LogP contribution in [0.5, 0.6) is 0 Å². The van der Waals surface area contributed by atoms with E-state index < -0.39 is 10.4 Å². The third kappa shape index (κ3) is 14.7. The van der Waals surface area contributed by atoms with Crippen molar-refractivity contribution in [1.82, 2.24) is 9.34 Å². The standard InChI is InChI=1S/C6H17N2P.H2O4S/c1-6-9(7(2)3)8(4)5;1-5(2,3)4/h6H2,1-5H3;(H2,1,2,3,4). The molecular weight excluding hydrogens is 227 g/mol. The number of rotatable bonds is 3. The van der Waals surface area contributed by atoms with Crippen molar-refractivity contribution in [3.05, 3.63) is 0 Å². The predicted octanol–water partition coefficient (Wildman–Crippen LogP) is 0.789. The Morgan fingerprint density at radius 1 is 1.07 bits per heavy atom. The summed E-state index contributed by atoms with van der Waals surface area (Å²) in [5.74, 6) is 0. The molecule has 0 aliphatic heterocycles. The third-order valence-electron chi connectivity index (χ3n) is 1.21. The van der Waals surface area contributed by atoms with Gasteiger partial charge in [-0.1, -0.05) is 6.92 Å². The van der Waals surface area contributed by atoms with Gasteiger partial charge in [0.2, 0.25) is 0 Å². The molecule has 0 aromatic heterocycles. The van der Waals surface area contributed by atoms with Crippen molar-refractivity contribution < 1.29 is 17.5 Å². The second-order valence-electron chi connectivity index (χ2n) is 2.83. The van der Waals surface area contributed by atoms with Gasteiger partial charge < -0.3 is 0 Å². The maximum absolute atomic E-state index is 8.74. The van der Waals surface area contributed by atoms with Crippen molar-refractivity contribution >= 4 is 18.6 Å². The second-order valence-corrected chi connectivity index (χ2v) is 6.70. The lowest BCUT2D eigenvalue weighted by Gasteiger charge is -2.28. The summed E-state index contributed by atoms with van der Waals surface area (Å²) in [6.45, 7) is 2.23. The van der Waals surface area contributed by atoms with Gasteiger partial charge in [-0.2, -0.15) is 8.42 Å². The van der Waals surface area contributed by atoms with Crippen molar-refractivity contribution in [2.45, 2.75) is 6.92 Å². The molecule has 0 amide bonds. The fraction of sp³-hybridized carbons (Fsp3) is 1.00. The monoisotopic (exact) mass is 246 g/mol. The van der Waals surface area contributed by atoms with Crippen molar-refractivity contribution in [2.75, 3.05) is 34.4 Å². The van der Waals surface area contributed by atoms with Crippen LogP contribution < -0.4 is 0 Å². The zero-order chi connectivity index (χ0) is 11.9. The lowest BCUT2D eigenvalue weighted by atomic mass is 11.0. The molecule has 0 aromatic carbocycles. The largest absolute Gasteiger partial charge is 0.394 e. The molecule has 0 saturated heterocycles. The highest BCUT2D eigenvalue weighted by Gasteiger charge is 2.09. The van der Waals surface area contributed by atoms with E-state index in [0.717, 1.165) is 0 Å². The predicted molar refractivity (Wildman–Crippen MR) is 59.0 cm³/mol. The second kappa shape index (κ2) is 7.50. The molecule has 0 aliphatic carbocycles. The Morgan fingerprint density at radius 2 is 1.29 bits per heavy atom. The Kier molecular flexibility index (Phi) is 8.92. The Bertz CT molecular complexity index is 214. The molecular formula is C6H19N2O4PS. The van der Waals surface area contributed by atoms with Crippen LogP contribution in [-0.4, -0.2) is 61.2 Å². The fourth-order valence-corrected chi connectivity index (χ4v) is 2.77. The first-order valence-corrected chi connectivity index (χ1v) is 6.74. The van der Waals surface area contributed by atoms with Crippen LogP contribution >= 0.6 is 8.22 Å². The van der Waals surface area contributed by atoms with Gasteiger partial charge in [0.15, 0.2) is 0 Å². The van der Waals surface area contributed by atoms with E-state index in [1.165, 1.54) is 6.16 Å². The Morgan fingerprint density at radius 3 is 1.29 bits per heavy atom. The SMILES string of the molecule is CCP(N(C)C)N(C)C.O=S(=O)(O)O. The molecule has 14 heavy (non-hydrogen) atoms. The molecule has 88 valence electrons. The van der Waals surface area contributed by atoms with Crippen LogP contribution in [0.1, 0.15) is 6.92 Å². The first-order valence-electron chi connectivity index (χ1n) is 3.91. The van der Waals surface area contributed by atoms with Crippen LogP contribution in [0.2, 0.25) is 0 Å². The van der Waals surface area contributed by atoms with Gasteiger partial charge in [0.05, 0.1) is 0 Å². The van der Waals surface area contributed by atoms with Gasteiger partial charge in [-0.25, -0.2) is 0 Å². The molecule has 0 radical (unpaired) electrons. The summed E-state index contributed by atoms with van der Waals surface area (Å²) in [6, 6.07) is 0. The van der Waals surface area contributed by atoms with E-state index in [1.807, 2.05) is 0 Å². The van der Waals surface area contributed by atoms with Crippen LogP contribution in [0, 0.1) is 0 Å². The molecule has 0 saturated carbocycles. The minimum absolute atomic E-state index is 0.00977. The van der Waals surface area contributed by atoms with Gasteiger partial charge in [0, 0.05) is 8.22 Å². The molecule has 0 atom stereocenters. The lowest BCUT2D eigenvalue weighted by Crippen LogP contribution is -2.17. The van der Waals surface area contributed by atoms with Crippen LogP contribution in [0.25, 0.3) is 0 Å². The van der Waals surface area contributed by atoms with Crippen LogP contribution in [0.4, 0.5) is 0 Å². The average Bonchev–Trinajstić information content (AvgIpc) is 1.81. The minimum Gasteiger partial charge on any atom is -0.276 e. The zero-order valence-electron chi connectivity index (χ0n) is 9.17. The quantitative estimate of drug-likeness (QED) is 0.566. The number of nitrogens with zero attached hydrogens (tertiary/aromatic N) is 2. The number of hydrogen-bond acceptors (Lipinski definition) is 4. The van der Waals surface area contributed by atoms with Gasteiger partial charge in [-0.15, -0.1) is 0 Å². The highest BCUT2D eigenvalue weighted by Crippen LogP contribution is 2.38. The molecule has 0 heterocycles. The molecule has 0 unspecified atom stereocenters. The number of hydrogen-bond donors (Lipinski definition) is 2. The van der Waals surface area contributed by atoms with Crippen LogP contribution in [0.15, 0.2) is 0 Å². The molecule has 6 nitrogen and oxygen atoms in total. The van der Waals surface area contributed by atoms with E-state index in [2.05, 4.69) is 44.5 Å². The van der Waals surface area contributed by atoms with Crippen molar-refractivity contribution in [2.24, 2.45) is 0 Å².